The molecule has 0 aliphatic carbocycles. The number of amides is 1. The Morgan fingerprint density at radius 1 is 1.19 bits per heavy atom. The van der Waals surface area contributed by atoms with Crippen LogP contribution in [0.15, 0.2) is 42.7 Å². The average Bonchev–Trinajstić information content (AvgIpc) is 3.08. The van der Waals surface area contributed by atoms with Crippen molar-refractivity contribution in [3.05, 3.63) is 64.7 Å². The third-order valence-electron chi connectivity index (χ3n) is 4.01. The summed E-state index contributed by atoms with van der Waals surface area (Å²) in [6.07, 6.45) is 4.54. The summed E-state index contributed by atoms with van der Waals surface area (Å²) < 4.78 is 13.1. The molecule has 2 heterocycles. The second-order valence-electron chi connectivity index (χ2n) is 6.86. The molecule has 0 aliphatic heterocycles. The average molecular weight is 384 g/mol. The first kappa shape index (κ1) is 19.1. The molecule has 3 rings (SSSR count). The molecule has 0 radical (unpaired) electrons. The molecule has 0 atom stereocenters. The Morgan fingerprint density at radius 2 is 1.85 bits per heavy atom. The van der Waals surface area contributed by atoms with Gasteiger partial charge in [0.25, 0.3) is 5.91 Å². The first-order valence-electron chi connectivity index (χ1n) is 8.72. The molecule has 0 spiro atoms. The van der Waals surface area contributed by atoms with Crippen LogP contribution in [-0.2, 0) is 12.8 Å². The fourth-order valence-electron chi connectivity index (χ4n) is 2.79. The predicted octanol–water partition coefficient (Wildman–Crippen LogP) is 4.05. The maximum Gasteiger partial charge on any atom is 0.263 e. The number of halogens is 1. The maximum atomic E-state index is 13.1. The quantitative estimate of drug-likeness (QED) is 0.696. The van der Waals surface area contributed by atoms with Gasteiger partial charge in [0.1, 0.15) is 10.7 Å². The first-order valence-corrected chi connectivity index (χ1v) is 9.53. The number of carbonyl (C=O) groups is 1. The molecule has 1 amide bonds. The third-order valence-corrected chi connectivity index (χ3v) is 5.10. The number of aryl methyl sites for hydroxylation is 1. The number of hydrogen-bond donors (Lipinski definition) is 1. The van der Waals surface area contributed by atoms with E-state index in [0.717, 1.165) is 11.3 Å². The number of carbonyl (C=O) groups excluding carboxylic acids is 1. The molecule has 0 saturated heterocycles. The van der Waals surface area contributed by atoms with Gasteiger partial charge in [0.05, 0.1) is 5.69 Å². The standard InChI is InChI=1S/C20H21FN4OS/c1-4-15-16(27-19(24-15)17-22-10-5-11-23-17)18(26)25-20(2,3)12-13-6-8-14(21)9-7-13/h5-11H,4,12H2,1-3H3,(H,25,26). The van der Waals surface area contributed by atoms with Crippen molar-refractivity contribution in [2.75, 3.05) is 0 Å². The minimum atomic E-state index is -0.493. The van der Waals surface area contributed by atoms with Crippen LogP contribution in [0, 0.1) is 5.82 Å². The van der Waals surface area contributed by atoms with Crippen molar-refractivity contribution in [2.45, 2.75) is 39.2 Å². The van der Waals surface area contributed by atoms with Crippen LogP contribution >= 0.6 is 11.3 Å². The van der Waals surface area contributed by atoms with Gasteiger partial charge in [0.15, 0.2) is 10.8 Å². The van der Waals surface area contributed by atoms with E-state index in [4.69, 9.17) is 0 Å². The largest absolute Gasteiger partial charge is 0.346 e. The zero-order chi connectivity index (χ0) is 19.4. The summed E-state index contributed by atoms with van der Waals surface area (Å²) in [5.41, 5.74) is 1.20. The van der Waals surface area contributed by atoms with Crippen molar-refractivity contribution in [3.63, 3.8) is 0 Å². The van der Waals surface area contributed by atoms with E-state index in [9.17, 15) is 9.18 Å². The zero-order valence-corrected chi connectivity index (χ0v) is 16.3. The number of thiazole rings is 1. The van der Waals surface area contributed by atoms with E-state index >= 15 is 0 Å². The smallest absolute Gasteiger partial charge is 0.263 e. The summed E-state index contributed by atoms with van der Waals surface area (Å²) in [4.78, 5) is 26.4. The van der Waals surface area contributed by atoms with Crippen molar-refractivity contribution in [2.24, 2.45) is 0 Å². The van der Waals surface area contributed by atoms with Gasteiger partial charge in [-0.2, -0.15) is 0 Å². The second-order valence-corrected chi connectivity index (χ2v) is 7.86. The maximum absolute atomic E-state index is 13.1. The third kappa shape index (κ3) is 4.74. The first-order chi connectivity index (χ1) is 12.9. The highest BCUT2D eigenvalue weighted by Gasteiger charge is 2.25. The van der Waals surface area contributed by atoms with Crippen molar-refractivity contribution >= 4 is 17.2 Å². The summed E-state index contributed by atoms with van der Waals surface area (Å²) in [5, 5.41) is 3.71. The molecule has 27 heavy (non-hydrogen) atoms. The molecule has 0 aliphatic rings. The molecular weight excluding hydrogens is 363 g/mol. The van der Waals surface area contributed by atoms with E-state index in [0.29, 0.717) is 28.6 Å². The van der Waals surface area contributed by atoms with Gasteiger partial charge in [0, 0.05) is 17.9 Å². The molecule has 0 bridgehead atoms. The van der Waals surface area contributed by atoms with Crippen LogP contribution in [0.1, 0.15) is 41.7 Å². The Bertz CT molecular complexity index is 923. The molecule has 2 aromatic heterocycles. The van der Waals surface area contributed by atoms with E-state index < -0.39 is 5.54 Å². The van der Waals surface area contributed by atoms with E-state index in [1.807, 2.05) is 20.8 Å². The molecule has 0 saturated carbocycles. The Kier molecular flexibility index (Phi) is 5.60. The van der Waals surface area contributed by atoms with E-state index in [-0.39, 0.29) is 11.7 Å². The highest BCUT2D eigenvalue weighted by atomic mass is 32.1. The predicted molar refractivity (Wildman–Crippen MR) is 104 cm³/mol. The SMILES string of the molecule is CCc1nc(-c2ncccn2)sc1C(=O)NC(C)(C)Cc1ccc(F)cc1. The summed E-state index contributed by atoms with van der Waals surface area (Å²) in [6, 6.07) is 8.06. The summed E-state index contributed by atoms with van der Waals surface area (Å²) in [7, 11) is 0. The highest BCUT2D eigenvalue weighted by molar-refractivity contribution is 7.17. The zero-order valence-electron chi connectivity index (χ0n) is 15.5. The van der Waals surface area contributed by atoms with Gasteiger partial charge >= 0.3 is 0 Å². The van der Waals surface area contributed by atoms with Crippen LogP contribution in [0.25, 0.3) is 10.8 Å². The van der Waals surface area contributed by atoms with Crippen LogP contribution in [0.4, 0.5) is 4.39 Å². The van der Waals surface area contributed by atoms with Gasteiger partial charge in [-0.05, 0) is 50.5 Å². The lowest BCUT2D eigenvalue weighted by Crippen LogP contribution is -2.45. The van der Waals surface area contributed by atoms with Crippen LogP contribution in [0.3, 0.4) is 0 Å². The fraction of sp³-hybridized carbons (Fsp3) is 0.300. The molecule has 5 nitrogen and oxygen atoms in total. The Morgan fingerprint density at radius 3 is 2.48 bits per heavy atom. The topological polar surface area (TPSA) is 67.8 Å². The van der Waals surface area contributed by atoms with Crippen LogP contribution in [0.5, 0.6) is 0 Å². The number of hydrogen-bond acceptors (Lipinski definition) is 5. The number of nitrogens with zero attached hydrogens (tertiary/aromatic N) is 3. The summed E-state index contributed by atoms with van der Waals surface area (Å²) in [5.74, 6) is 0.0777. The molecular formula is C20H21FN4OS. The van der Waals surface area contributed by atoms with Gasteiger partial charge in [-0.25, -0.2) is 19.3 Å². The Hall–Kier alpha value is -2.67. The Labute approximate surface area is 161 Å². The van der Waals surface area contributed by atoms with Crippen LogP contribution < -0.4 is 5.32 Å². The van der Waals surface area contributed by atoms with Crippen molar-refractivity contribution in [3.8, 4) is 10.8 Å². The molecule has 140 valence electrons. The summed E-state index contributed by atoms with van der Waals surface area (Å²) >= 11 is 1.30. The van der Waals surface area contributed by atoms with Crippen molar-refractivity contribution in [1.29, 1.82) is 0 Å². The molecule has 7 heteroatoms. The molecule has 1 N–H and O–H groups in total. The second kappa shape index (κ2) is 7.92. The van der Waals surface area contributed by atoms with E-state index in [1.54, 1.807) is 30.6 Å². The molecule has 0 unspecified atom stereocenters. The highest BCUT2D eigenvalue weighted by Crippen LogP contribution is 2.27. The van der Waals surface area contributed by atoms with Crippen LogP contribution in [0.2, 0.25) is 0 Å². The van der Waals surface area contributed by atoms with Gasteiger partial charge in [-0.3, -0.25) is 4.79 Å². The van der Waals surface area contributed by atoms with Gasteiger partial charge in [-0.1, -0.05) is 19.1 Å². The van der Waals surface area contributed by atoms with Gasteiger partial charge in [0.2, 0.25) is 0 Å². The van der Waals surface area contributed by atoms with Gasteiger partial charge in [-0.15, -0.1) is 11.3 Å². The normalized spacial score (nSPS) is 11.4. The van der Waals surface area contributed by atoms with E-state index in [1.165, 1.54) is 23.5 Å². The van der Waals surface area contributed by atoms with E-state index in [2.05, 4.69) is 20.3 Å². The number of nitrogens with one attached hydrogen (secondary N) is 1. The molecule has 3 aromatic rings. The number of benzene rings is 1. The molecule has 1 aromatic carbocycles. The monoisotopic (exact) mass is 384 g/mol. The number of rotatable bonds is 6. The lowest BCUT2D eigenvalue weighted by Gasteiger charge is -2.26. The summed E-state index contributed by atoms with van der Waals surface area (Å²) in [6.45, 7) is 5.86. The van der Waals surface area contributed by atoms with Crippen molar-refractivity contribution in [1.82, 2.24) is 20.3 Å². The number of aromatic nitrogens is 3. The lowest BCUT2D eigenvalue weighted by atomic mass is 9.94. The van der Waals surface area contributed by atoms with Crippen molar-refractivity contribution < 1.29 is 9.18 Å². The minimum absolute atomic E-state index is 0.168. The molecule has 0 fully saturated rings. The minimum Gasteiger partial charge on any atom is -0.346 e. The lowest BCUT2D eigenvalue weighted by molar-refractivity contribution is 0.0916. The van der Waals surface area contributed by atoms with Gasteiger partial charge < -0.3 is 5.32 Å². The fourth-order valence-corrected chi connectivity index (χ4v) is 3.79. The Balaban J connectivity index is 1.78. The van der Waals surface area contributed by atoms with Crippen LogP contribution in [-0.4, -0.2) is 26.4 Å².